The van der Waals surface area contributed by atoms with Gasteiger partial charge in [-0.2, -0.15) is 0 Å². The van der Waals surface area contributed by atoms with Crippen molar-refractivity contribution in [2.45, 2.75) is 25.9 Å². The summed E-state index contributed by atoms with van der Waals surface area (Å²) in [7, 11) is 1.66. The summed E-state index contributed by atoms with van der Waals surface area (Å²) in [5.41, 5.74) is 3.70. The van der Waals surface area contributed by atoms with E-state index in [2.05, 4.69) is 10.2 Å². The zero-order chi connectivity index (χ0) is 16.8. The van der Waals surface area contributed by atoms with Gasteiger partial charge in [0.1, 0.15) is 0 Å². The second-order valence-electron chi connectivity index (χ2n) is 6.18. The van der Waals surface area contributed by atoms with Crippen molar-refractivity contribution in [3.8, 4) is 0 Å². The van der Waals surface area contributed by atoms with Gasteiger partial charge < -0.3 is 15.0 Å². The maximum absolute atomic E-state index is 12.4. The van der Waals surface area contributed by atoms with Crippen molar-refractivity contribution in [2.75, 3.05) is 30.4 Å². The van der Waals surface area contributed by atoms with Gasteiger partial charge in [0, 0.05) is 37.1 Å². The third-order valence-corrected chi connectivity index (χ3v) is 4.35. The molecule has 3 rings (SSSR count). The van der Waals surface area contributed by atoms with Crippen LogP contribution in [0.1, 0.15) is 35.2 Å². The van der Waals surface area contributed by atoms with E-state index in [9.17, 15) is 4.79 Å². The summed E-state index contributed by atoms with van der Waals surface area (Å²) in [5, 5.41) is 2.95. The first-order valence-electron chi connectivity index (χ1n) is 8.50. The van der Waals surface area contributed by atoms with Crippen molar-refractivity contribution in [3.63, 3.8) is 0 Å². The summed E-state index contributed by atoms with van der Waals surface area (Å²) >= 11 is 0. The highest BCUT2D eigenvalue weighted by Gasteiger charge is 2.12. The molecule has 0 atom stereocenters. The highest BCUT2D eigenvalue weighted by Crippen LogP contribution is 2.21. The van der Waals surface area contributed by atoms with E-state index in [4.69, 9.17) is 4.74 Å². The van der Waals surface area contributed by atoms with Gasteiger partial charge in [-0.25, -0.2) is 0 Å². The molecule has 1 N–H and O–H groups in total. The third kappa shape index (κ3) is 4.15. The van der Waals surface area contributed by atoms with Crippen molar-refractivity contribution in [3.05, 3.63) is 59.7 Å². The lowest BCUT2D eigenvalue weighted by Gasteiger charge is -2.28. The van der Waals surface area contributed by atoms with Crippen LogP contribution in [0, 0.1) is 0 Å². The van der Waals surface area contributed by atoms with Gasteiger partial charge in [-0.1, -0.05) is 12.1 Å². The van der Waals surface area contributed by atoms with Crippen molar-refractivity contribution >= 4 is 17.3 Å². The van der Waals surface area contributed by atoms with E-state index < -0.39 is 0 Å². The number of nitrogens with one attached hydrogen (secondary N) is 1. The van der Waals surface area contributed by atoms with Crippen molar-refractivity contribution in [1.29, 1.82) is 0 Å². The van der Waals surface area contributed by atoms with Gasteiger partial charge in [0.05, 0.1) is 6.61 Å². The molecule has 4 heteroatoms. The molecule has 1 heterocycles. The number of piperidine rings is 1. The number of methoxy groups -OCH3 is 1. The molecule has 0 aliphatic carbocycles. The number of amides is 1. The van der Waals surface area contributed by atoms with E-state index in [-0.39, 0.29) is 5.91 Å². The summed E-state index contributed by atoms with van der Waals surface area (Å²) < 4.78 is 5.13. The molecule has 126 valence electrons. The van der Waals surface area contributed by atoms with Crippen LogP contribution in [0.2, 0.25) is 0 Å². The topological polar surface area (TPSA) is 41.6 Å². The highest BCUT2D eigenvalue weighted by atomic mass is 16.5. The van der Waals surface area contributed by atoms with Gasteiger partial charge in [-0.3, -0.25) is 4.79 Å². The van der Waals surface area contributed by atoms with E-state index in [1.807, 2.05) is 48.5 Å². The molecule has 1 aliphatic rings. The Labute approximate surface area is 143 Å². The lowest BCUT2D eigenvalue weighted by atomic mass is 10.1. The Bertz CT molecular complexity index is 676. The van der Waals surface area contributed by atoms with E-state index in [1.165, 1.54) is 24.9 Å². The van der Waals surface area contributed by atoms with Crippen LogP contribution in [0.15, 0.2) is 48.5 Å². The van der Waals surface area contributed by atoms with Crippen LogP contribution in [0.4, 0.5) is 11.4 Å². The molecule has 1 saturated heterocycles. The third-order valence-electron chi connectivity index (χ3n) is 4.35. The molecule has 0 aromatic heterocycles. The fraction of sp³-hybridized carbons (Fsp3) is 0.350. The maximum atomic E-state index is 12.4. The van der Waals surface area contributed by atoms with E-state index >= 15 is 0 Å². The van der Waals surface area contributed by atoms with Crippen LogP contribution in [-0.4, -0.2) is 26.1 Å². The van der Waals surface area contributed by atoms with Crippen LogP contribution in [0.3, 0.4) is 0 Å². The Hall–Kier alpha value is -2.33. The SMILES string of the molecule is COCc1cccc(NC(=O)c2ccc(N3CCCCC3)cc2)c1. The number of nitrogens with zero attached hydrogens (tertiary/aromatic N) is 1. The fourth-order valence-corrected chi connectivity index (χ4v) is 3.08. The first-order chi connectivity index (χ1) is 11.8. The predicted octanol–water partition coefficient (Wildman–Crippen LogP) is 4.08. The van der Waals surface area contributed by atoms with Gasteiger partial charge in [0.2, 0.25) is 0 Å². The molecule has 24 heavy (non-hydrogen) atoms. The monoisotopic (exact) mass is 324 g/mol. The Kier molecular flexibility index (Phi) is 5.49. The number of benzene rings is 2. The van der Waals surface area contributed by atoms with Gasteiger partial charge >= 0.3 is 0 Å². The Morgan fingerprint density at radius 2 is 1.83 bits per heavy atom. The van der Waals surface area contributed by atoms with Crippen LogP contribution in [0.25, 0.3) is 0 Å². The van der Waals surface area contributed by atoms with E-state index in [0.717, 1.165) is 24.3 Å². The maximum Gasteiger partial charge on any atom is 0.255 e. The fourth-order valence-electron chi connectivity index (χ4n) is 3.08. The molecule has 1 aliphatic heterocycles. The number of ether oxygens (including phenoxy) is 1. The smallest absolute Gasteiger partial charge is 0.255 e. The molecule has 1 fully saturated rings. The van der Waals surface area contributed by atoms with E-state index in [1.54, 1.807) is 7.11 Å². The molecule has 4 nitrogen and oxygen atoms in total. The number of carbonyl (C=O) groups is 1. The zero-order valence-corrected chi connectivity index (χ0v) is 14.1. The standard InChI is InChI=1S/C20H24N2O2/c1-24-15-16-6-5-7-18(14-16)21-20(23)17-8-10-19(11-9-17)22-12-3-2-4-13-22/h5-11,14H,2-4,12-13,15H2,1H3,(H,21,23). The average Bonchev–Trinajstić information content (AvgIpc) is 2.63. The molecule has 0 spiro atoms. The molecule has 0 saturated carbocycles. The minimum atomic E-state index is -0.0882. The Balaban J connectivity index is 1.65. The molecule has 2 aromatic carbocycles. The minimum absolute atomic E-state index is 0.0882. The zero-order valence-electron chi connectivity index (χ0n) is 14.1. The second-order valence-corrected chi connectivity index (χ2v) is 6.18. The lowest BCUT2D eigenvalue weighted by Crippen LogP contribution is -2.29. The quantitative estimate of drug-likeness (QED) is 0.901. The largest absolute Gasteiger partial charge is 0.380 e. The molecule has 1 amide bonds. The molecular weight excluding hydrogens is 300 g/mol. The van der Waals surface area contributed by atoms with Crippen molar-refractivity contribution < 1.29 is 9.53 Å². The molecule has 0 radical (unpaired) electrons. The van der Waals surface area contributed by atoms with Gasteiger partial charge in [0.15, 0.2) is 0 Å². The van der Waals surface area contributed by atoms with Crippen molar-refractivity contribution in [2.24, 2.45) is 0 Å². The molecule has 0 bridgehead atoms. The molecule has 2 aromatic rings. The summed E-state index contributed by atoms with van der Waals surface area (Å²) in [6.45, 7) is 2.75. The minimum Gasteiger partial charge on any atom is -0.380 e. The van der Waals surface area contributed by atoms with Crippen LogP contribution >= 0.6 is 0 Å². The summed E-state index contributed by atoms with van der Waals surface area (Å²) in [5.74, 6) is -0.0882. The Morgan fingerprint density at radius 1 is 1.08 bits per heavy atom. The Morgan fingerprint density at radius 3 is 2.54 bits per heavy atom. The van der Waals surface area contributed by atoms with Gasteiger partial charge in [-0.05, 0) is 61.2 Å². The van der Waals surface area contributed by atoms with Crippen molar-refractivity contribution in [1.82, 2.24) is 0 Å². The average molecular weight is 324 g/mol. The number of carbonyl (C=O) groups excluding carboxylic acids is 1. The summed E-state index contributed by atoms with van der Waals surface area (Å²) in [6.07, 6.45) is 3.82. The van der Waals surface area contributed by atoms with Gasteiger partial charge in [0.25, 0.3) is 5.91 Å². The van der Waals surface area contributed by atoms with Gasteiger partial charge in [-0.15, -0.1) is 0 Å². The van der Waals surface area contributed by atoms with Crippen LogP contribution in [0.5, 0.6) is 0 Å². The molecular formula is C20H24N2O2. The number of hydrogen-bond donors (Lipinski definition) is 1. The van der Waals surface area contributed by atoms with Crippen LogP contribution < -0.4 is 10.2 Å². The summed E-state index contributed by atoms with van der Waals surface area (Å²) in [6, 6.07) is 15.6. The summed E-state index contributed by atoms with van der Waals surface area (Å²) in [4.78, 5) is 14.8. The highest BCUT2D eigenvalue weighted by molar-refractivity contribution is 6.04. The predicted molar refractivity (Wildman–Crippen MR) is 97.6 cm³/mol. The first kappa shape index (κ1) is 16.5. The first-order valence-corrected chi connectivity index (χ1v) is 8.50. The van der Waals surface area contributed by atoms with E-state index in [0.29, 0.717) is 12.2 Å². The second kappa shape index (κ2) is 7.97. The number of rotatable bonds is 5. The molecule has 0 unspecified atom stereocenters. The lowest BCUT2D eigenvalue weighted by molar-refractivity contribution is 0.102. The normalized spacial score (nSPS) is 14.5. The number of anilines is 2. The van der Waals surface area contributed by atoms with Crippen LogP contribution in [-0.2, 0) is 11.3 Å². The number of hydrogen-bond acceptors (Lipinski definition) is 3.